The lowest BCUT2D eigenvalue weighted by atomic mass is 10.1. The molecule has 2 rings (SSSR count). The van der Waals surface area contributed by atoms with Gasteiger partial charge in [0, 0.05) is 6.42 Å². The van der Waals surface area contributed by atoms with Crippen molar-refractivity contribution in [1.29, 1.82) is 0 Å². The number of esters is 1. The lowest BCUT2D eigenvalue weighted by Crippen LogP contribution is -2.30. The first-order valence-corrected chi connectivity index (χ1v) is 8.68. The van der Waals surface area contributed by atoms with Crippen molar-refractivity contribution in [3.8, 4) is 0 Å². The number of thiophene rings is 1. The van der Waals surface area contributed by atoms with Gasteiger partial charge in [-0.25, -0.2) is 19.6 Å². The van der Waals surface area contributed by atoms with Crippen LogP contribution in [0, 0.1) is 6.92 Å². The number of ether oxygens (including phenoxy) is 1. The summed E-state index contributed by atoms with van der Waals surface area (Å²) in [6, 6.07) is -1.13. The van der Waals surface area contributed by atoms with E-state index in [1.165, 1.54) is 6.33 Å². The van der Waals surface area contributed by atoms with Gasteiger partial charge in [-0.15, -0.1) is 11.3 Å². The fourth-order valence-electron chi connectivity index (χ4n) is 2.33. The van der Waals surface area contributed by atoms with E-state index >= 15 is 0 Å². The van der Waals surface area contributed by atoms with Crippen LogP contribution in [0.1, 0.15) is 41.9 Å². The molecule has 0 aliphatic heterocycles. The summed E-state index contributed by atoms with van der Waals surface area (Å²) >= 11 is 1.13. The van der Waals surface area contributed by atoms with E-state index in [0.29, 0.717) is 20.7 Å². The van der Waals surface area contributed by atoms with Crippen LogP contribution in [0.3, 0.4) is 0 Å². The number of hydrogen-bond donors (Lipinski definition) is 3. The molecule has 0 saturated carbocycles. The van der Waals surface area contributed by atoms with Gasteiger partial charge < -0.3 is 20.3 Å². The van der Waals surface area contributed by atoms with Crippen molar-refractivity contribution in [2.75, 3.05) is 5.32 Å². The number of nitrogens with zero attached hydrogens (tertiary/aromatic N) is 2. The average Bonchev–Trinajstić information content (AvgIpc) is 2.88. The second kappa shape index (κ2) is 8.09. The third-order valence-electron chi connectivity index (χ3n) is 3.51. The molecule has 0 radical (unpaired) electrons. The Kier molecular flexibility index (Phi) is 6.09. The molecule has 3 N–H and O–H groups in total. The summed E-state index contributed by atoms with van der Waals surface area (Å²) in [6.45, 7) is 5.19. The number of carbonyl (C=O) groups excluding carboxylic acids is 1. The van der Waals surface area contributed by atoms with E-state index in [1.54, 1.807) is 20.8 Å². The van der Waals surface area contributed by atoms with Crippen LogP contribution in [-0.2, 0) is 14.3 Å². The van der Waals surface area contributed by atoms with Gasteiger partial charge in [-0.3, -0.25) is 4.79 Å². The van der Waals surface area contributed by atoms with Crippen LogP contribution in [0.15, 0.2) is 6.33 Å². The molecule has 9 nitrogen and oxygen atoms in total. The average molecular weight is 381 g/mol. The first kappa shape index (κ1) is 19.6. The first-order valence-electron chi connectivity index (χ1n) is 7.87. The Bertz CT molecular complexity index is 848. The van der Waals surface area contributed by atoms with Crippen LogP contribution in [0.5, 0.6) is 0 Å². The minimum Gasteiger partial charge on any atom is -0.481 e. The Hall–Kier alpha value is -2.75. The van der Waals surface area contributed by atoms with Gasteiger partial charge in [0.05, 0.1) is 11.5 Å². The molecule has 2 aromatic rings. The Labute approximate surface area is 153 Å². The normalized spacial score (nSPS) is 12.2. The van der Waals surface area contributed by atoms with Crippen molar-refractivity contribution in [3.05, 3.63) is 16.8 Å². The fraction of sp³-hybridized carbons (Fsp3) is 0.438. The van der Waals surface area contributed by atoms with E-state index in [0.717, 1.165) is 11.3 Å². The van der Waals surface area contributed by atoms with E-state index in [-0.39, 0.29) is 24.8 Å². The number of carboxylic acid groups (broad SMARTS) is 2. The van der Waals surface area contributed by atoms with Crippen LogP contribution in [0.2, 0.25) is 0 Å². The van der Waals surface area contributed by atoms with E-state index in [9.17, 15) is 19.5 Å². The summed E-state index contributed by atoms with van der Waals surface area (Å²) in [5, 5.41) is 21.4. The van der Waals surface area contributed by atoms with Gasteiger partial charge in [0.2, 0.25) is 0 Å². The van der Waals surface area contributed by atoms with Crippen molar-refractivity contribution in [2.24, 2.45) is 0 Å². The summed E-state index contributed by atoms with van der Waals surface area (Å²) in [7, 11) is 0. The van der Waals surface area contributed by atoms with Gasteiger partial charge in [0.15, 0.2) is 0 Å². The van der Waals surface area contributed by atoms with Crippen molar-refractivity contribution in [3.63, 3.8) is 0 Å². The van der Waals surface area contributed by atoms with Crippen LogP contribution < -0.4 is 5.32 Å². The van der Waals surface area contributed by atoms with Crippen LogP contribution >= 0.6 is 11.3 Å². The molecule has 2 heterocycles. The van der Waals surface area contributed by atoms with Crippen molar-refractivity contribution in [1.82, 2.24) is 9.97 Å². The number of hydrogen-bond acceptors (Lipinski definition) is 8. The SMILES string of the molecule is Cc1c(C(=O)OC(C)C)sc2ncnc(NC(CCC(=O)O)C(=O)O)c12. The Morgan fingerprint density at radius 2 is 1.96 bits per heavy atom. The number of nitrogens with one attached hydrogen (secondary N) is 1. The molecule has 0 aromatic carbocycles. The highest BCUT2D eigenvalue weighted by Gasteiger charge is 2.24. The molecule has 140 valence electrons. The second-order valence-electron chi connectivity index (χ2n) is 5.88. The third kappa shape index (κ3) is 4.45. The molecule has 0 saturated heterocycles. The predicted octanol–water partition coefficient (Wildman–Crippen LogP) is 2.29. The van der Waals surface area contributed by atoms with E-state index in [2.05, 4.69) is 15.3 Å². The Morgan fingerprint density at radius 3 is 2.54 bits per heavy atom. The zero-order valence-electron chi connectivity index (χ0n) is 14.5. The van der Waals surface area contributed by atoms with Crippen LogP contribution in [-0.4, -0.2) is 50.2 Å². The zero-order valence-corrected chi connectivity index (χ0v) is 15.3. The van der Waals surface area contributed by atoms with Gasteiger partial charge in [0.1, 0.15) is 27.9 Å². The molecule has 0 amide bonds. The lowest BCUT2D eigenvalue weighted by Gasteiger charge is -2.15. The molecule has 0 bridgehead atoms. The summed E-state index contributed by atoms with van der Waals surface area (Å²) in [5.74, 6) is -2.51. The van der Waals surface area contributed by atoms with E-state index < -0.39 is 23.9 Å². The summed E-state index contributed by atoms with van der Waals surface area (Å²) < 4.78 is 5.21. The smallest absolute Gasteiger partial charge is 0.348 e. The quantitative estimate of drug-likeness (QED) is 0.588. The Morgan fingerprint density at radius 1 is 1.27 bits per heavy atom. The molecule has 10 heteroatoms. The lowest BCUT2D eigenvalue weighted by molar-refractivity contribution is -0.139. The van der Waals surface area contributed by atoms with Gasteiger partial charge in [-0.05, 0) is 32.8 Å². The second-order valence-corrected chi connectivity index (χ2v) is 6.88. The standard InChI is InChI=1S/C16H19N3O6S/c1-7(2)25-16(24)12-8(3)11-13(17-6-18-14(11)26-12)19-9(15(22)23)4-5-10(20)21/h6-7,9H,4-5H2,1-3H3,(H,20,21)(H,22,23)(H,17,18,19). The molecule has 0 aliphatic carbocycles. The summed E-state index contributed by atoms with van der Waals surface area (Å²) in [6.07, 6.45) is 0.575. The number of aromatic nitrogens is 2. The van der Waals surface area contributed by atoms with Gasteiger partial charge in [-0.2, -0.15) is 0 Å². The Balaban J connectivity index is 2.38. The fourth-order valence-corrected chi connectivity index (χ4v) is 3.37. The van der Waals surface area contributed by atoms with Gasteiger partial charge >= 0.3 is 17.9 Å². The highest BCUT2D eigenvalue weighted by atomic mass is 32.1. The van der Waals surface area contributed by atoms with Crippen molar-refractivity contribution >= 4 is 45.3 Å². The molecular formula is C16H19N3O6S. The molecule has 0 aliphatic rings. The number of anilines is 1. The highest BCUT2D eigenvalue weighted by molar-refractivity contribution is 7.20. The number of aryl methyl sites for hydroxylation is 1. The maximum Gasteiger partial charge on any atom is 0.348 e. The monoisotopic (exact) mass is 381 g/mol. The van der Waals surface area contributed by atoms with Crippen LogP contribution in [0.25, 0.3) is 10.2 Å². The van der Waals surface area contributed by atoms with Crippen molar-refractivity contribution in [2.45, 2.75) is 45.8 Å². The summed E-state index contributed by atoms with van der Waals surface area (Å²) in [4.78, 5) is 43.4. The zero-order chi connectivity index (χ0) is 19.4. The number of rotatable bonds is 8. The molecule has 0 fully saturated rings. The van der Waals surface area contributed by atoms with Gasteiger partial charge in [0.25, 0.3) is 0 Å². The topological polar surface area (TPSA) is 139 Å². The predicted molar refractivity (Wildman–Crippen MR) is 94.6 cm³/mol. The number of aliphatic carboxylic acids is 2. The maximum absolute atomic E-state index is 12.2. The molecule has 0 spiro atoms. The first-order chi connectivity index (χ1) is 12.2. The van der Waals surface area contributed by atoms with E-state index in [4.69, 9.17) is 9.84 Å². The molecule has 1 unspecified atom stereocenters. The minimum atomic E-state index is -1.19. The largest absolute Gasteiger partial charge is 0.481 e. The number of carbonyl (C=O) groups is 3. The highest BCUT2D eigenvalue weighted by Crippen LogP contribution is 2.34. The van der Waals surface area contributed by atoms with E-state index in [1.807, 2.05) is 0 Å². The molecule has 1 atom stereocenters. The number of carboxylic acids is 2. The van der Waals surface area contributed by atoms with Crippen LogP contribution in [0.4, 0.5) is 5.82 Å². The minimum absolute atomic E-state index is 0.110. The van der Waals surface area contributed by atoms with Crippen molar-refractivity contribution < 1.29 is 29.3 Å². The molecule has 2 aromatic heterocycles. The van der Waals surface area contributed by atoms with Gasteiger partial charge in [-0.1, -0.05) is 0 Å². The third-order valence-corrected chi connectivity index (χ3v) is 4.69. The number of fused-ring (bicyclic) bond motifs is 1. The molecular weight excluding hydrogens is 362 g/mol. The molecule has 26 heavy (non-hydrogen) atoms. The summed E-state index contributed by atoms with van der Waals surface area (Å²) in [5.41, 5.74) is 0.584. The maximum atomic E-state index is 12.2.